The van der Waals surface area contributed by atoms with Crippen LogP contribution in [0, 0.1) is 5.82 Å². The van der Waals surface area contributed by atoms with Crippen molar-refractivity contribution in [1.29, 1.82) is 0 Å². The van der Waals surface area contributed by atoms with Crippen molar-refractivity contribution < 1.29 is 9.18 Å². The van der Waals surface area contributed by atoms with E-state index in [-0.39, 0.29) is 23.3 Å². The first-order chi connectivity index (χ1) is 8.69. The van der Waals surface area contributed by atoms with Gasteiger partial charge in [0.25, 0.3) is 0 Å². The van der Waals surface area contributed by atoms with Crippen molar-refractivity contribution in [2.24, 2.45) is 0 Å². The summed E-state index contributed by atoms with van der Waals surface area (Å²) in [5, 5.41) is 6.38. The molecule has 1 aromatic carbocycles. The number of carbonyl (C=O) groups is 1. The maximum atomic E-state index is 13.1. The first kappa shape index (κ1) is 15.9. The third kappa shape index (κ3) is 5.57. The molecule has 0 fully saturated rings. The largest absolute Gasteiger partial charge is 0.350 e. The molecule has 0 radical (unpaired) electrons. The molecule has 5 heteroatoms. The highest BCUT2D eigenvalue weighted by atomic mass is 35.5. The number of rotatable bonds is 4. The van der Waals surface area contributed by atoms with Gasteiger partial charge in [-0.05, 0) is 51.5 Å². The highest BCUT2D eigenvalue weighted by Crippen LogP contribution is 2.16. The molecule has 0 saturated heterocycles. The van der Waals surface area contributed by atoms with Crippen LogP contribution in [-0.4, -0.2) is 17.5 Å². The van der Waals surface area contributed by atoms with Gasteiger partial charge in [-0.1, -0.05) is 11.6 Å². The summed E-state index contributed by atoms with van der Waals surface area (Å²) in [4.78, 5) is 11.9. The molecule has 19 heavy (non-hydrogen) atoms. The lowest BCUT2D eigenvalue weighted by Gasteiger charge is -2.23. The lowest BCUT2D eigenvalue weighted by molar-refractivity contribution is -0.124. The maximum Gasteiger partial charge on any atom is 0.237 e. The van der Waals surface area contributed by atoms with E-state index < -0.39 is 0 Å². The summed E-state index contributed by atoms with van der Waals surface area (Å²) in [6.07, 6.45) is 0. The molecule has 1 amide bonds. The molecule has 0 aliphatic rings. The fraction of sp³-hybridized carbons (Fsp3) is 0.500. The average molecular weight is 287 g/mol. The Bertz CT molecular complexity index is 457. The highest BCUT2D eigenvalue weighted by Gasteiger charge is 2.18. The Morgan fingerprint density at radius 3 is 2.63 bits per heavy atom. The molecule has 0 heterocycles. The summed E-state index contributed by atoms with van der Waals surface area (Å²) in [6, 6.07) is 3.80. The Labute approximate surface area is 118 Å². The Kier molecular flexibility index (Phi) is 5.32. The first-order valence-electron chi connectivity index (χ1n) is 6.18. The molecule has 1 aromatic rings. The molecule has 0 aliphatic carbocycles. The number of carbonyl (C=O) groups excluding carboxylic acids is 1. The molecule has 0 aromatic heterocycles. The van der Waals surface area contributed by atoms with Gasteiger partial charge in [-0.2, -0.15) is 0 Å². The Hall–Kier alpha value is -1.13. The van der Waals surface area contributed by atoms with Crippen molar-refractivity contribution in [2.75, 3.05) is 0 Å². The zero-order valence-electron chi connectivity index (χ0n) is 11.7. The molecule has 0 aliphatic heterocycles. The topological polar surface area (TPSA) is 41.1 Å². The van der Waals surface area contributed by atoms with Gasteiger partial charge < -0.3 is 10.6 Å². The molecule has 1 rings (SSSR count). The van der Waals surface area contributed by atoms with Crippen molar-refractivity contribution in [3.8, 4) is 0 Å². The van der Waals surface area contributed by atoms with Crippen LogP contribution in [0.4, 0.5) is 4.39 Å². The minimum atomic E-state index is -0.376. The SMILES string of the molecule is CC(NCc1cc(F)ccc1Cl)C(=O)NC(C)(C)C. The van der Waals surface area contributed by atoms with Gasteiger partial charge in [-0.25, -0.2) is 4.39 Å². The summed E-state index contributed by atoms with van der Waals surface area (Å²) < 4.78 is 13.1. The molecule has 106 valence electrons. The molecule has 0 bridgehead atoms. The fourth-order valence-corrected chi connectivity index (χ4v) is 1.70. The lowest BCUT2D eigenvalue weighted by Crippen LogP contribution is -2.49. The zero-order chi connectivity index (χ0) is 14.6. The first-order valence-corrected chi connectivity index (χ1v) is 6.56. The predicted octanol–water partition coefficient (Wildman–Crippen LogP) is 2.87. The van der Waals surface area contributed by atoms with Gasteiger partial charge >= 0.3 is 0 Å². The third-order valence-electron chi connectivity index (χ3n) is 2.50. The summed E-state index contributed by atoms with van der Waals surface area (Å²) in [5.41, 5.74) is 0.362. The quantitative estimate of drug-likeness (QED) is 0.894. The number of amides is 1. The van der Waals surface area contributed by atoms with E-state index in [9.17, 15) is 9.18 Å². The van der Waals surface area contributed by atoms with E-state index in [0.29, 0.717) is 17.1 Å². The van der Waals surface area contributed by atoms with Crippen LogP contribution in [0.3, 0.4) is 0 Å². The molecule has 3 nitrogen and oxygen atoms in total. The second kappa shape index (κ2) is 6.35. The monoisotopic (exact) mass is 286 g/mol. The van der Waals surface area contributed by atoms with Crippen molar-refractivity contribution in [3.63, 3.8) is 0 Å². The number of hydrogen-bond acceptors (Lipinski definition) is 2. The highest BCUT2D eigenvalue weighted by molar-refractivity contribution is 6.31. The predicted molar refractivity (Wildman–Crippen MR) is 75.6 cm³/mol. The second-order valence-corrected chi connectivity index (χ2v) is 5.98. The second-order valence-electron chi connectivity index (χ2n) is 5.58. The van der Waals surface area contributed by atoms with Gasteiger partial charge in [0.05, 0.1) is 6.04 Å². The van der Waals surface area contributed by atoms with E-state index >= 15 is 0 Å². The number of nitrogens with one attached hydrogen (secondary N) is 2. The van der Waals surface area contributed by atoms with Gasteiger partial charge in [0, 0.05) is 17.1 Å². The molecular weight excluding hydrogens is 267 g/mol. The van der Waals surface area contributed by atoms with Crippen LogP contribution in [0.5, 0.6) is 0 Å². The summed E-state index contributed by atoms with van der Waals surface area (Å²) in [5.74, 6) is -0.437. The van der Waals surface area contributed by atoms with Gasteiger partial charge in [0.2, 0.25) is 5.91 Å². The Morgan fingerprint density at radius 2 is 2.05 bits per heavy atom. The molecule has 0 spiro atoms. The van der Waals surface area contributed by atoms with Gasteiger partial charge in [0.15, 0.2) is 0 Å². The fourth-order valence-electron chi connectivity index (χ4n) is 1.51. The Balaban J connectivity index is 2.56. The van der Waals surface area contributed by atoms with Crippen LogP contribution in [0.15, 0.2) is 18.2 Å². The van der Waals surface area contributed by atoms with Crippen LogP contribution < -0.4 is 10.6 Å². The summed E-state index contributed by atoms with van der Waals surface area (Å²) in [7, 11) is 0. The Morgan fingerprint density at radius 1 is 1.42 bits per heavy atom. The average Bonchev–Trinajstić information content (AvgIpc) is 2.27. The number of hydrogen-bond donors (Lipinski definition) is 2. The smallest absolute Gasteiger partial charge is 0.237 e. The normalized spacial score (nSPS) is 13.2. The van der Waals surface area contributed by atoms with Crippen LogP contribution in [-0.2, 0) is 11.3 Å². The van der Waals surface area contributed by atoms with Crippen LogP contribution >= 0.6 is 11.6 Å². The van der Waals surface area contributed by atoms with Crippen molar-refractivity contribution in [1.82, 2.24) is 10.6 Å². The third-order valence-corrected chi connectivity index (χ3v) is 2.87. The number of benzene rings is 1. The van der Waals surface area contributed by atoms with Gasteiger partial charge in [-0.3, -0.25) is 4.79 Å². The molecular formula is C14H20ClFN2O. The van der Waals surface area contributed by atoms with Crippen LogP contribution in [0.2, 0.25) is 5.02 Å². The summed E-state index contributed by atoms with van der Waals surface area (Å²) in [6.45, 7) is 7.85. The van der Waals surface area contributed by atoms with E-state index in [1.807, 2.05) is 20.8 Å². The minimum Gasteiger partial charge on any atom is -0.350 e. The lowest BCUT2D eigenvalue weighted by atomic mass is 10.1. The van der Waals surface area contributed by atoms with E-state index in [4.69, 9.17) is 11.6 Å². The van der Waals surface area contributed by atoms with Gasteiger partial charge in [0.1, 0.15) is 5.82 Å². The van der Waals surface area contributed by atoms with Crippen LogP contribution in [0.25, 0.3) is 0 Å². The molecule has 2 N–H and O–H groups in total. The minimum absolute atomic E-state index is 0.0972. The van der Waals surface area contributed by atoms with Crippen molar-refractivity contribution in [2.45, 2.75) is 45.8 Å². The van der Waals surface area contributed by atoms with Gasteiger partial charge in [-0.15, -0.1) is 0 Å². The molecule has 1 unspecified atom stereocenters. The van der Waals surface area contributed by atoms with E-state index in [1.54, 1.807) is 6.92 Å². The van der Waals surface area contributed by atoms with Crippen LogP contribution in [0.1, 0.15) is 33.3 Å². The zero-order valence-corrected chi connectivity index (χ0v) is 12.4. The van der Waals surface area contributed by atoms with E-state index in [2.05, 4.69) is 10.6 Å². The van der Waals surface area contributed by atoms with Crippen molar-refractivity contribution >= 4 is 17.5 Å². The maximum absolute atomic E-state index is 13.1. The van der Waals surface area contributed by atoms with E-state index in [1.165, 1.54) is 18.2 Å². The van der Waals surface area contributed by atoms with Crippen molar-refractivity contribution in [3.05, 3.63) is 34.6 Å². The molecule has 1 atom stereocenters. The standard InChI is InChI=1S/C14H20ClFN2O/c1-9(13(19)18-14(2,3)4)17-8-10-7-11(16)5-6-12(10)15/h5-7,9,17H,8H2,1-4H3,(H,18,19). The summed E-state index contributed by atoms with van der Waals surface area (Å²) >= 11 is 5.96. The van der Waals surface area contributed by atoms with E-state index in [0.717, 1.165) is 0 Å². The number of halogens is 2. The molecule has 0 saturated carbocycles.